The van der Waals surface area contributed by atoms with Crippen molar-refractivity contribution in [3.05, 3.63) is 0 Å². The van der Waals surface area contributed by atoms with Crippen molar-refractivity contribution < 1.29 is 5.11 Å². The maximum atomic E-state index is 9.28. The zero-order valence-electron chi connectivity index (χ0n) is 9.87. The van der Waals surface area contributed by atoms with E-state index in [0.717, 1.165) is 24.9 Å². The first-order valence-corrected chi connectivity index (χ1v) is 6.03. The molecule has 1 rings (SSSR count). The molecular weight excluding hydrogens is 174 g/mol. The van der Waals surface area contributed by atoms with Gasteiger partial charge < -0.3 is 10.0 Å². The Bertz CT molecular complexity index is 156. The molecule has 0 aliphatic carbocycles. The third kappa shape index (κ3) is 3.58. The zero-order chi connectivity index (χ0) is 10.6. The standard InChI is InChI=1S/C12H25NO/c1-10(2)12-6-4-5-8-13(12)9-7-11(3)14/h10-12,14H,4-9H2,1-3H3. The van der Waals surface area contributed by atoms with Crippen molar-refractivity contribution in [1.29, 1.82) is 0 Å². The molecule has 0 aromatic carbocycles. The van der Waals surface area contributed by atoms with Gasteiger partial charge in [-0.1, -0.05) is 20.3 Å². The maximum absolute atomic E-state index is 9.28. The summed E-state index contributed by atoms with van der Waals surface area (Å²) in [5.41, 5.74) is 0. The van der Waals surface area contributed by atoms with Crippen LogP contribution in [0.15, 0.2) is 0 Å². The first kappa shape index (κ1) is 12.0. The van der Waals surface area contributed by atoms with Crippen LogP contribution in [0.25, 0.3) is 0 Å². The fourth-order valence-corrected chi connectivity index (χ4v) is 2.40. The molecule has 1 aliphatic heterocycles. The molecule has 0 aromatic rings. The minimum atomic E-state index is -0.148. The molecule has 1 aliphatic rings. The Hall–Kier alpha value is -0.0800. The van der Waals surface area contributed by atoms with E-state index in [0.29, 0.717) is 0 Å². The first-order chi connectivity index (χ1) is 6.61. The SMILES string of the molecule is CC(O)CCN1CCCCC1C(C)C. The number of aliphatic hydroxyl groups excluding tert-OH is 1. The summed E-state index contributed by atoms with van der Waals surface area (Å²) in [5, 5.41) is 9.28. The van der Waals surface area contributed by atoms with E-state index in [-0.39, 0.29) is 6.10 Å². The minimum Gasteiger partial charge on any atom is -0.393 e. The summed E-state index contributed by atoms with van der Waals surface area (Å²) in [6.45, 7) is 8.81. The van der Waals surface area contributed by atoms with Crippen LogP contribution in [0.5, 0.6) is 0 Å². The second-order valence-electron chi connectivity index (χ2n) is 4.98. The topological polar surface area (TPSA) is 23.5 Å². The van der Waals surface area contributed by atoms with Crippen molar-refractivity contribution in [2.45, 2.75) is 58.6 Å². The van der Waals surface area contributed by atoms with Crippen molar-refractivity contribution in [1.82, 2.24) is 4.90 Å². The van der Waals surface area contributed by atoms with Gasteiger partial charge in [-0.25, -0.2) is 0 Å². The van der Waals surface area contributed by atoms with Crippen molar-refractivity contribution >= 4 is 0 Å². The largest absolute Gasteiger partial charge is 0.393 e. The van der Waals surface area contributed by atoms with Crippen LogP contribution < -0.4 is 0 Å². The van der Waals surface area contributed by atoms with Crippen molar-refractivity contribution in [3.63, 3.8) is 0 Å². The van der Waals surface area contributed by atoms with Gasteiger partial charge in [0.25, 0.3) is 0 Å². The number of piperidine rings is 1. The lowest BCUT2D eigenvalue weighted by Crippen LogP contribution is -2.43. The van der Waals surface area contributed by atoms with Gasteiger partial charge in [0.2, 0.25) is 0 Å². The number of nitrogens with zero attached hydrogens (tertiary/aromatic N) is 1. The van der Waals surface area contributed by atoms with Crippen LogP contribution >= 0.6 is 0 Å². The predicted octanol–water partition coefficient (Wildman–Crippen LogP) is 2.27. The van der Waals surface area contributed by atoms with E-state index >= 15 is 0 Å². The van der Waals surface area contributed by atoms with E-state index in [1.165, 1.54) is 25.8 Å². The highest BCUT2D eigenvalue weighted by atomic mass is 16.3. The molecule has 2 unspecified atom stereocenters. The molecule has 2 heteroatoms. The Morgan fingerprint density at radius 1 is 1.29 bits per heavy atom. The van der Waals surface area contributed by atoms with E-state index in [1.54, 1.807) is 0 Å². The number of hydrogen-bond donors (Lipinski definition) is 1. The number of rotatable bonds is 4. The average molecular weight is 199 g/mol. The molecule has 0 bridgehead atoms. The van der Waals surface area contributed by atoms with Crippen LogP contribution in [-0.2, 0) is 0 Å². The molecule has 0 saturated carbocycles. The van der Waals surface area contributed by atoms with Crippen LogP contribution in [0.3, 0.4) is 0 Å². The second kappa shape index (κ2) is 5.72. The van der Waals surface area contributed by atoms with Gasteiger partial charge in [-0.05, 0) is 38.6 Å². The Kier molecular flexibility index (Phi) is 4.90. The predicted molar refractivity (Wildman–Crippen MR) is 60.3 cm³/mol. The van der Waals surface area contributed by atoms with E-state index < -0.39 is 0 Å². The van der Waals surface area contributed by atoms with Crippen molar-refractivity contribution in [2.24, 2.45) is 5.92 Å². The molecule has 0 spiro atoms. The van der Waals surface area contributed by atoms with Crippen molar-refractivity contribution in [3.8, 4) is 0 Å². The molecule has 1 heterocycles. The third-order valence-electron chi connectivity index (χ3n) is 3.27. The minimum absolute atomic E-state index is 0.148. The Labute approximate surface area is 88.3 Å². The lowest BCUT2D eigenvalue weighted by atomic mass is 9.92. The van der Waals surface area contributed by atoms with Crippen LogP contribution in [0.2, 0.25) is 0 Å². The lowest BCUT2D eigenvalue weighted by molar-refractivity contribution is 0.0873. The molecule has 0 amide bonds. The Morgan fingerprint density at radius 2 is 2.00 bits per heavy atom. The van der Waals surface area contributed by atoms with Crippen LogP contribution in [-0.4, -0.2) is 35.2 Å². The molecule has 14 heavy (non-hydrogen) atoms. The smallest absolute Gasteiger partial charge is 0.0524 e. The van der Waals surface area contributed by atoms with Gasteiger partial charge in [0.15, 0.2) is 0 Å². The molecule has 1 fully saturated rings. The highest BCUT2D eigenvalue weighted by Gasteiger charge is 2.24. The molecule has 0 aromatic heterocycles. The van der Waals surface area contributed by atoms with Crippen LogP contribution in [0.1, 0.15) is 46.5 Å². The summed E-state index contributed by atoms with van der Waals surface area (Å²) in [4.78, 5) is 2.57. The van der Waals surface area contributed by atoms with E-state index in [4.69, 9.17) is 0 Å². The average Bonchev–Trinajstić information content (AvgIpc) is 2.15. The second-order valence-corrected chi connectivity index (χ2v) is 4.98. The summed E-state index contributed by atoms with van der Waals surface area (Å²) >= 11 is 0. The summed E-state index contributed by atoms with van der Waals surface area (Å²) in [7, 11) is 0. The fraction of sp³-hybridized carbons (Fsp3) is 1.00. The third-order valence-corrected chi connectivity index (χ3v) is 3.27. The molecule has 2 nitrogen and oxygen atoms in total. The Balaban J connectivity index is 2.38. The van der Waals surface area contributed by atoms with Gasteiger partial charge in [0, 0.05) is 12.6 Å². The summed E-state index contributed by atoms with van der Waals surface area (Å²) in [6, 6.07) is 0.752. The van der Waals surface area contributed by atoms with Crippen molar-refractivity contribution in [2.75, 3.05) is 13.1 Å². The van der Waals surface area contributed by atoms with Gasteiger partial charge in [-0.3, -0.25) is 0 Å². The highest BCUT2D eigenvalue weighted by molar-refractivity contribution is 4.79. The normalized spacial score (nSPS) is 26.8. The molecule has 84 valence electrons. The molecule has 2 atom stereocenters. The zero-order valence-corrected chi connectivity index (χ0v) is 9.87. The fourth-order valence-electron chi connectivity index (χ4n) is 2.40. The molecular formula is C12H25NO. The summed E-state index contributed by atoms with van der Waals surface area (Å²) in [6.07, 6.45) is 4.84. The Morgan fingerprint density at radius 3 is 2.57 bits per heavy atom. The molecule has 1 saturated heterocycles. The highest BCUT2D eigenvalue weighted by Crippen LogP contribution is 2.23. The van der Waals surface area contributed by atoms with E-state index in [1.807, 2.05) is 6.92 Å². The first-order valence-electron chi connectivity index (χ1n) is 6.03. The number of aliphatic hydroxyl groups is 1. The van der Waals surface area contributed by atoms with Crippen LogP contribution in [0.4, 0.5) is 0 Å². The van der Waals surface area contributed by atoms with Gasteiger partial charge in [-0.15, -0.1) is 0 Å². The van der Waals surface area contributed by atoms with E-state index in [9.17, 15) is 5.11 Å². The van der Waals surface area contributed by atoms with Crippen LogP contribution in [0, 0.1) is 5.92 Å². The molecule has 1 N–H and O–H groups in total. The van der Waals surface area contributed by atoms with Gasteiger partial charge in [0.05, 0.1) is 6.10 Å². The van der Waals surface area contributed by atoms with Gasteiger partial charge in [0.1, 0.15) is 0 Å². The van der Waals surface area contributed by atoms with Gasteiger partial charge >= 0.3 is 0 Å². The number of likely N-dealkylation sites (tertiary alicyclic amines) is 1. The number of hydrogen-bond acceptors (Lipinski definition) is 2. The summed E-state index contributed by atoms with van der Waals surface area (Å²) < 4.78 is 0. The van der Waals surface area contributed by atoms with Gasteiger partial charge in [-0.2, -0.15) is 0 Å². The molecule has 0 radical (unpaired) electrons. The summed E-state index contributed by atoms with van der Waals surface area (Å²) in [5.74, 6) is 0.754. The maximum Gasteiger partial charge on any atom is 0.0524 e. The lowest BCUT2D eigenvalue weighted by Gasteiger charge is -2.38. The monoisotopic (exact) mass is 199 g/mol. The van der Waals surface area contributed by atoms with E-state index in [2.05, 4.69) is 18.7 Å². The quantitative estimate of drug-likeness (QED) is 0.751.